The maximum atomic E-state index is 12.9. The fourth-order valence-electron chi connectivity index (χ4n) is 8.39. The minimum Gasteiger partial charge on any atom is -0.756 e. The van der Waals surface area contributed by atoms with E-state index in [9.17, 15) is 19.4 Å². The van der Waals surface area contributed by atoms with Crippen molar-refractivity contribution in [3.8, 4) is 0 Å². The van der Waals surface area contributed by atoms with Gasteiger partial charge in [-0.25, -0.2) is 0 Å². The number of nitrogens with one attached hydrogen (secondary N) is 1. The van der Waals surface area contributed by atoms with Gasteiger partial charge in [0.2, 0.25) is 5.91 Å². The van der Waals surface area contributed by atoms with Crippen molar-refractivity contribution in [2.24, 2.45) is 0 Å². The summed E-state index contributed by atoms with van der Waals surface area (Å²) in [6, 6.07) is -0.795. The molecule has 3 unspecified atom stereocenters. The lowest BCUT2D eigenvalue weighted by molar-refractivity contribution is -0.870. The second kappa shape index (κ2) is 46.4. The summed E-state index contributed by atoms with van der Waals surface area (Å²) in [6.07, 6.45) is 55.5. The summed E-state index contributed by atoms with van der Waals surface area (Å²) in [5.74, 6) is -0.162. The van der Waals surface area contributed by atoms with E-state index < -0.39 is 20.0 Å². The number of carbonyl (C=O) groups excluding carboxylic acids is 1. The molecule has 0 aliphatic carbocycles. The first-order chi connectivity index (χ1) is 30.5. The first kappa shape index (κ1) is 62.2. The molecule has 2 N–H and O–H groups in total. The van der Waals surface area contributed by atoms with Crippen molar-refractivity contribution >= 4 is 13.7 Å². The molecule has 9 heteroatoms. The predicted octanol–water partition coefficient (Wildman–Crippen LogP) is 15.6. The van der Waals surface area contributed by atoms with Crippen molar-refractivity contribution < 1.29 is 32.9 Å². The van der Waals surface area contributed by atoms with Crippen molar-refractivity contribution in [1.82, 2.24) is 5.32 Å². The number of aliphatic hydroxyl groups is 1. The fourth-order valence-corrected chi connectivity index (χ4v) is 9.11. The molecular formula is C54H109N2O6P. The minimum absolute atomic E-state index is 0.0146. The number of allylic oxidation sites excluding steroid dienone is 2. The van der Waals surface area contributed by atoms with E-state index in [0.29, 0.717) is 23.9 Å². The van der Waals surface area contributed by atoms with Gasteiger partial charge in [0.05, 0.1) is 39.9 Å². The third-order valence-electron chi connectivity index (χ3n) is 12.8. The van der Waals surface area contributed by atoms with Crippen LogP contribution < -0.4 is 10.2 Å². The molecule has 0 bridgehead atoms. The van der Waals surface area contributed by atoms with E-state index in [1.165, 1.54) is 212 Å². The molecule has 0 aromatic carbocycles. The molecule has 63 heavy (non-hydrogen) atoms. The van der Waals surface area contributed by atoms with E-state index in [1.54, 1.807) is 0 Å². The van der Waals surface area contributed by atoms with Crippen LogP contribution in [0.4, 0.5) is 0 Å². The van der Waals surface area contributed by atoms with Gasteiger partial charge in [0.25, 0.3) is 7.82 Å². The number of likely N-dealkylation sites (N-methyl/N-ethyl adjacent to an activating group) is 1. The third kappa shape index (κ3) is 49.0. The molecule has 0 radical (unpaired) electrons. The Balaban J connectivity index is 3.94. The number of rotatable bonds is 51. The van der Waals surface area contributed by atoms with Gasteiger partial charge >= 0.3 is 0 Å². The molecule has 0 aromatic rings. The molecule has 0 heterocycles. The third-order valence-corrected chi connectivity index (χ3v) is 13.7. The molecule has 0 spiro atoms. The monoisotopic (exact) mass is 913 g/mol. The summed E-state index contributed by atoms with van der Waals surface area (Å²) in [6.45, 7) is 4.73. The standard InChI is InChI=1S/C54H109N2O6P/c1-6-8-10-12-14-16-18-19-20-21-22-23-24-25-26-27-28-29-30-31-32-33-34-35-36-37-38-40-42-44-46-48-54(58)55-52(51-62-63(59,60)61-50-49-56(3,4)5)53(57)47-45-43-41-39-17-15-13-11-9-7-2/h25-26,52-53,57H,6-24,27-51H2,1-5H3,(H-,55,58,59,60)/b26-25-. The normalized spacial score (nSPS) is 14.1. The van der Waals surface area contributed by atoms with Crippen molar-refractivity contribution in [2.75, 3.05) is 40.9 Å². The Bertz CT molecular complexity index is 1040. The molecule has 3 atom stereocenters. The van der Waals surface area contributed by atoms with Gasteiger partial charge in [-0.05, 0) is 38.5 Å². The van der Waals surface area contributed by atoms with Crippen LogP contribution in [0.3, 0.4) is 0 Å². The van der Waals surface area contributed by atoms with Gasteiger partial charge in [-0.15, -0.1) is 0 Å². The van der Waals surface area contributed by atoms with Gasteiger partial charge in [0.15, 0.2) is 0 Å². The molecule has 376 valence electrons. The van der Waals surface area contributed by atoms with E-state index in [2.05, 4.69) is 31.3 Å². The number of carbonyl (C=O) groups is 1. The van der Waals surface area contributed by atoms with Gasteiger partial charge in [0, 0.05) is 6.42 Å². The minimum atomic E-state index is -4.56. The fraction of sp³-hybridized carbons (Fsp3) is 0.944. The smallest absolute Gasteiger partial charge is 0.268 e. The van der Waals surface area contributed by atoms with Crippen LogP contribution in [-0.4, -0.2) is 68.5 Å². The van der Waals surface area contributed by atoms with Crippen LogP contribution in [0.1, 0.15) is 277 Å². The van der Waals surface area contributed by atoms with Crippen molar-refractivity contribution in [1.29, 1.82) is 0 Å². The summed E-state index contributed by atoms with van der Waals surface area (Å²) >= 11 is 0. The lowest BCUT2D eigenvalue weighted by atomic mass is 10.0. The van der Waals surface area contributed by atoms with Gasteiger partial charge in [0.1, 0.15) is 13.2 Å². The maximum Gasteiger partial charge on any atom is 0.268 e. The van der Waals surface area contributed by atoms with Crippen molar-refractivity contribution in [3.63, 3.8) is 0 Å². The van der Waals surface area contributed by atoms with Crippen LogP contribution >= 0.6 is 7.82 Å². The van der Waals surface area contributed by atoms with Crippen LogP contribution in [0.5, 0.6) is 0 Å². The molecular weight excluding hydrogens is 804 g/mol. The Hall–Kier alpha value is -0.760. The lowest BCUT2D eigenvalue weighted by Crippen LogP contribution is -2.46. The second-order valence-electron chi connectivity index (χ2n) is 20.3. The molecule has 0 saturated carbocycles. The molecule has 0 aliphatic rings. The van der Waals surface area contributed by atoms with Crippen LogP contribution in [0, 0.1) is 0 Å². The molecule has 1 amide bonds. The van der Waals surface area contributed by atoms with E-state index in [0.717, 1.165) is 38.5 Å². The van der Waals surface area contributed by atoms with E-state index in [4.69, 9.17) is 9.05 Å². The number of aliphatic hydroxyl groups excluding tert-OH is 1. The maximum absolute atomic E-state index is 12.9. The average molecular weight is 913 g/mol. The summed E-state index contributed by atoms with van der Waals surface area (Å²) < 4.78 is 23.3. The zero-order valence-electron chi connectivity index (χ0n) is 42.8. The summed E-state index contributed by atoms with van der Waals surface area (Å²) in [4.78, 5) is 25.4. The first-order valence-electron chi connectivity index (χ1n) is 27.5. The number of hydrogen-bond donors (Lipinski definition) is 2. The van der Waals surface area contributed by atoms with E-state index in [1.807, 2.05) is 21.1 Å². The molecule has 0 aliphatic heterocycles. The highest BCUT2D eigenvalue weighted by Crippen LogP contribution is 2.38. The number of amides is 1. The molecule has 0 saturated heterocycles. The van der Waals surface area contributed by atoms with Crippen molar-refractivity contribution in [2.45, 2.75) is 289 Å². The predicted molar refractivity (Wildman–Crippen MR) is 270 cm³/mol. The Morgan fingerprint density at radius 2 is 0.873 bits per heavy atom. The summed E-state index contributed by atoms with van der Waals surface area (Å²) in [5, 5.41) is 13.9. The second-order valence-corrected chi connectivity index (χ2v) is 21.7. The number of nitrogens with zero attached hydrogens (tertiary/aromatic N) is 1. The lowest BCUT2D eigenvalue weighted by Gasteiger charge is -2.30. The average Bonchev–Trinajstić information content (AvgIpc) is 3.24. The molecule has 0 aromatic heterocycles. The van der Waals surface area contributed by atoms with Gasteiger partial charge in [-0.1, -0.05) is 244 Å². The number of quaternary nitrogens is 1. The van der Waals surface area contributed by atoms with Crippen LogP contribution in [-0.2, 0) is 18.4 Å². The molecule has 8 nitrogen and oxygen atoms in total. The van der Waals surface area contributed by atoms with Crippen LogP contribution in [0.2, 0.25) is 0 Å². The highest BCUT2D eigenvalue weighted by molar-refractivity contribution is 7.45. The van der Waals surface area contributed by atoms with Gasteiger partial charge in [-0.3, -0.25) is 9.36 Å². The highest BCUT2D eigenvalue weighted by Gasteiger charge is 2.24. The SMILES string of the molecule is CCCCCCCCCCCCCC/C=C\CCCCCCCCCCCCCCCCCC(=O)NC(COP(=O)([O-])OCC[N+](C)(C)C)C(O)CCCCCCCCCCCC. The number of phosphoric acid groups is 1. The largest absolute Gasteiger partial charge is 0.756 e. The van der Waals surface area contributed by atoms with Crippen molar-refractivity contribution in [3.05, 3.63) is 12.2 Å². The topological polar surface area (TPSA) is 108 Å². The Morgan fingerprint density at radius 1 is 0.540 bits per heavy atom. The van der Waals surface area contributed by atoms with Crippen LogP contribution in [0.15, 0.2) is 12.2 Å². The molecule has 0 rings (SSSR count). The summed E-state index contributed by atoms with van der Waals surface area (Å²) in [5.41, 5.74) is 0. The zero-order chi connectivity index (χ0) is 46.4. The number of unbranched alkanes of at least 4 members (excludes halogenated alkanes) is 36. The number of phosphoric ester groups is 1. The first-order valence-corrected chi connectivity index (χ1v) is 29.0. The van der Waals surface area contributed by atoms with Gasteiger partial charge in [-0.2, -0.15) is 0 Å². The Morgan fingerprint density at radius 3 is 1.24 bits per heavy atom. The van der Waals surface area contributed by atoms with E-state index >= 15 is 0 Å². The van der Waals surface area contributed by atoms with E-state index in [-0.39, 0.29) is 19.1 Å². The summed E-state index contributed by atoms with van der Waals surface area (Å²) in [7, 11) is 1.31. The van der Waals surface area contributed by atoms with Gasteiger partial charge < -0.3 is 28.8 Å². The highest BCUT2D eigenvalue weighted by atomic mass is 31.2. The zero-order valence-corrected chi connectivity index (χ0v) is 43.7. The molecule has 0 fully saturated rings. The Labute approximate surface area is 392 Å². The Kier molecular flexibility index (Phi) is 45.8. The quantitative estimate of drug-likeness (QED) is 0.0272. The number of hydrogen-bond acceptors (Lipinski definition) is 6. The van der Waals surface area contributed by atoms with Crippen LogP contribution in [0.25, 0.3) is 0 Å².